The molecule has 178 valence electrons. The predicted octanol–water partition coefficient (Wildman–Crippen LogP) is 2.71. The zero-order valence-corrected chi connectivity index (χ0v) is 17.3. The first kappa shape index (κ1) is 22.3. The second kappa shape index (κ2) is 8.05. The molecule has 1 aromatic heterocycles. The molecule has 3 N–H and O–H groups in total. The lowest BCUT2D eigenvalue weighted by Crippen LogP contribution is -2.42. The number of fused-ring (bicyclic) bond motifs is 2. The molecule has 3 aliphatic heterocycles. The van der Waals surface area contributed by atoms with Gasteiger partial charge in [-0.1, -0.05) is 0 Å². The number of anilines is 1. The van der Waals surface area contributed by atoms with Crippen molar-refractivity contribution in [2.75, 3.05) is 31.7 Å². The standard InChI is InChI=1S/C21H21F4N3O5/c22-12-5-10(21(23,24)25)6-14(29)16(12)18-11-7-33-20(2-4-32-9-20)17(11)19(28-27-18)26-13-1-3-31-8-15(13)30/h5-6,13,15,29-30H,1-4,7-9H2,(H,26,28)/t13-,15-,20?/m1/s1. The Morgan fingerprint density at radius 3 is 2.64 bits per heavy atom. The van der Waals surface area contributed by atoms with Gasteiger partial charge in [0.1, 0.15) is 22.9 Å². The molecule has 4 heterocycles. The van der Waals surface area contributed by atoms with E-state index in [4.69, 9.17) is 14.2 Å². The Bertz CT molecular complexity index is 1050. The first-order chi connectivity index (χ1) is 15.7. The summed E-state index contributed by atoms with van der Waals surface area (Å²) >= 11 is 0. The summed E-state index contributed by atoms with van der Waals surface area (Å²) in [6.07, 6.45) is -4.61. The number of aliphatic hydroxyl groups is 1. The summed E-state index contributed by atoms with van der Waals surface area (Å²) in [6, 6.07) is 0.401. The molecular formula is C21H21F4N3O5. The number of phenolic OH excluding ortho intramolecular Hbond substituents is 1. The van der Waals surface area contributed by atoms with Crippen LogP contribution in [0.15, 0.2) is 12.1 Å². The molecule has 2 aromatic rings. The number of nitrogens with zero attached hydrogens (tertiary/aromatic N) is 2. The molecule has 12 heteroatoms. The zero-order chi connectivity index (χ0) is 23.4. The van der Waals surface area contributed by atoms with Crippen LogP contribution in [0, 0.1) is 5.82 Å². The third kappa shape index (κ3) is 3.80. The monoisotopic (exact) mass is 471 g/mol. The van der Waals surface area contributed by atoms with E-state index < -0.39 is 40.6 Å². The van der Waals surface area contributed by atoms with Crippen LogP contribution < -0.4 is 5.32 Å². The molecule has 2 saturated heterocycles. The Kier molecular flexibility index (Phi) is 5.43. The third-order valence-electron chi connectivity index (χ3n) is 6.29. The van der Waals surface area contributed by atoms with E-state index in [1.54, 1.807) is 0 Å². The highest BCUT2D eigenvalue weighted by atomic mass is 19.4. The molecule has 33 heavy (non-hydrogen) atoms. The first-order valence-electron chi connectivity index (χ1n) is 10.4. The number of aliphatic hydroxyl groups excluding tert-OH is 1. The Morgan fingerprint density at radius 1 is 1.15 bits per heavy atom. The maximum absolute atomic E-state index is 14.8. The summed E-state index contributed by atoms with van der Waals surface area (Å²) < 4.78 is 70.7. The van der Waals surface area contributed by atoms with Crippen molar-refractivity contribution in [3.05, 3.63) is 34.6 Å². The summed E-state index contributed by atoms with van der Waals surface area (Å²) in [4.78, 5) is 0. The van der Waals surface area contributed by atoms with Gasteiger partial charge in [-0.25, -0.2) is 4.39 Å². The quantitative estimate of drug-likeness (QED) is 0.587. The van der Waals surface area contributed by atoms with Crippen LogP contribution in [0.2, 0.25) is 0 Å². The Balaban J connectivity index is 1.62. The number of hydrogen-bond acceptors (Lipinski definition) is 8. The van der Waals surface area contributed by atoms with Gasteiger partial charge in [0.2, 0.25) is 0 Å². The average Bonchev–Trinajstić information content (AvgIpc) is 3.38. The lowest BCUT2D eigenvalue weighted by molar-refractivity contribution is -0.137. The number of hydrogen-bond donors (Lipinski definition) is 3. The predicted molar refractivity (Wildman–Crippen MR) is 105 cm³/mol. The van der Waals surface area contributed by atoms with Crippen molar-refractivity contribution >= 4 is 5.82 Å². The maximum Gasteiger partial charge on any atom is 0.416 e. The minimum atomic E-state index is -4.82. The average molecular weight is 471 g/mol. The number of nitrogens with one attached hydrogen (secondary N) is 1. The van der Waals surface area contributed by atoms with Crippen LogP contribution in [0.1, 0.15) is 29.5 Å². The SMILES string of the molecule is Oc1cc(C(F)(F)F)cc(F)c1-c1nnc(N[C@@H]2CCOC[C@H]2O)c2c1COC21CCOC1. The van der Waals surface area contributed by atoms with Crippen LogP contribution in [-0.2, 0) is 32.6 Å². The number of ether oxygens (including phenoxy) is 3. The van der Waals surface area contributed by atoms with Gasteiger partial charge in [-0.15, -0.1) is 10.2 Å². The van der Waals surface area contributed by atoms with E-state index in [1.165, 1.54) is 0 Å². The fourth-order valence-corrected chi connectivity index (χ4v) is 4.60. The van der Waals surface area contributed by atoms with Gasteiger partial charge < -0.3 is 29.7 Å². The Morgan fingerprint density at radius 2 is 1.97 bits per heavy atom. The normalized spacial score (nSPS) is 27.2. The van der Waals surface area contributed by atoms with Crippen molar-refractivity contribution < 1.29 is 42.0 Å². The third-order valence-corrected chi connectivity index (χ3v) is 6.29. The number of rotatable bonds is 3. The highest BCUT2D eigenvalue weighted by Crippen LogP contribution is 2.49. The number of aromatic hydroxyl groups is 1. The highest BCUT2D eigenvalue weighted by molar-refractivity contribution is 5.74. The molecule has 1 spiro atoms. The molecule has 1 aromatic carbocycles. The van der Waals surface area contributed by atoms with Gasteiger partial charge in [0, 0.05) is 30.8 Å². The van der Waals surface area contributed by atoms with Crippen molar-refractivity contribution in [1.82, 2.24) is 10.2 Å². The molecule has 2 fully saturated rings. The van der Waals surface area contributed by atoms with E-state index in [1.807, 2.05) is 0 Å². The molecule has 8 nitrogen and oxygen atoms in total. The molecule has 0 bridgehead atoms. The van der Waals surface area contributed by atoms with Gasteiger partial charge in [-0.3, -0.25) is 0 Å². The van der Waals surface area contributed by atoms with E-state index in [9.17, 15) is 27.8 Å². The van der Waals surface area contributed by atoms with E-state index >= 15 is 0 Å². The van der Waals surface area contributed by atoms with Crippen molar-refractivity contribution in [2.45, 2.75) is 43.4 Å². The van der Waals surface area contributed by atoms with Gasteiger partial charge >= 0.3 is 6.18 Å². The summed E-state index contributed by atoms with van der Waals surface area (Å²) in [6.45, 7) is 1.20. The van der Waals surface area contributed by atoms with E-state index in [0.29, 0.717) is 55.1 Å². The van der Waals surface area contributed by atoms with E-state index in [-0.39, 0.29) is 31.6 Å². The summed E-state index contributed by atoms with van der Waals surface area (Å²) in [5, 5.41) is 32.0. The van der Waals surface area contributed by atoms with E-state index in [2.05, 4.69) is 15.5 Å². The number of phenols is 1. The molecule has 3 atom stereocenters. The molecule has 0 saturated carbocycles. The van der Waals surface area contributed by atoms with Gasteiger partial charge in [0.25, 0.3) is 0 Å². The van der Waals surface area contributed by atoms with Crippen LogP contribution in [0.3, 0.4) is 0 Å². The van der Waals surface area contributed by atoms with Gasteiger partial charge in [-0.2, -0.15) is 13.2 Å². The first-order valence-corrected chi connectivity index (χ1v) is 10.4. The van der Waals surface area contributed by atoms with Crippen LogP contribution in [0.25, 0.3) is 11.3 Å². The van der Waals surface area contributed by atoms with Crippen molar-refractivity contribution in [3.63, 3.8) is 0 Å². The molecule has 1 unspecified atom stereocenters. The smallest absolute Gasteiger partial charge is 0.416 e. The van der Waals surface area contributed by atoms with Crippen LogP contribution >= 0.6 is 0 Å². The van der Waals surface area contributed by atoms with Crippen LogP contribution in [0.4, 0.5) is 23.4 Å². The van der Waals surface area contributed by atoms with Crippen LogP contribution in [-0.4, -0.2) is 59.0 Å². The van der Waals surface area contributed by atoms with Crippen molar-refractivity contribution in [1.29, 1.82) is 0 Å². The maximum atomic E-state index is 14.8. The Hall–Kier alpha value is -2.54. The minimum absolute atomic E-state index is 0.0194. The van der Waals surface area contributed by atoms with Gasteiger partial charge in [0.05, 0.1) is 43.1 Å². The number of alkyl halides is 3. The molecule has 0 radical (unpaired) electrons. The topological polar surface area (TPSA) is 106 Å². The van der Waals surface area contributed by atoms with Gasteiger partial charge in [0.15, 0.2) is 5.82 Å². The largest absolute Gasteiger partial charge is 0.507 e. The summed E-state index contributed by atoms with van der Waals surface area (Å²) in [5.41, 5.74) is -1.85. The molecular weight excluding hydrogens is 450 g/mol. The summed E-state index contributed by atoms with van der Waals surface area (Å²) in [5.74, 6) is -1.86. The second-order valence-corrected chi connectivity index (χ2v) is 8.37. The molecule has 0 amide bonds. The number of halogens is 4. The fraction of sp³-hybridized carbons (Fsp3) is 0.524. The molecule has 0 aliphatic carbocycles. The highest BCUT2D eigenvalue weighted by Gasteiger charge is 2.48. The van der Waals surface area contributed by atoms with Crippen LogP contribution in [0.5, 0.6) is 5.75 Å². The second-order valence-electron chi connectivity index (χ2n) is 8.37. The number of benzene rings is 1. The molecule has 3 aliphatic rings. The number of aromatic nitrogens is 2. The van der Waals surface area contributed by atoms with Gasteiger partial charge in [-0.05, 0) is 18.6 Å². The fourth-order valence-electron chi connectivity index (χ4n) is 4.60. The lowest BCUT2D eigenvalue weighted by Gasteiger charge is -2.31. The van der Waals surface area contributed by atoms with Crippen molar-refractivity contribution in [3.8, 4) is 17.0 Å². The molecule has 5 rings (SSSR count). The minimum Gasteiger partial charge on any atom is -0.507 e. The van der Waals surface area contributed by atoms with Crippen molar-refractivity contribution in [2.24, 2.45) is 0 Å². The zero-order valence-electron chi connectivity index (χ0n) is 17.3. The van der Waals surface area contributed by atoms with E-state index in [0.717, 1.165) is 0 Å². The lowest BCUT2D eigenvalue weighted by atomic mass is 9.89. The summed E-state index contributed by atoms with van der Waals surface area (Å²) in [7, 11) is 0. The Labute approximate surface area is 185 Å².